The maximum Gasteiger partial charge on any atom is 0.0873 e. The van der Waals surface area contributed by atoms with Crippen molar-refractivity contribution in [2.45, 2.75) is 44.2 Å². The van der Waals surface area contributed by atoms with Crippen molar-refractivity contribution in [3.05, 3.63) is 35.2 Å². The van der Waals surface area contributed by atoms with Gasteiger partial charge in [-0.25, -0.2) is 0 Å². The number of thiophene rings is 1. The highest BCUT2D eigenvalue weighted by Gasteiger charge is 2.42. The summed E-state index contributed by atoms with van der Waals surface area (Å²) in [5.74, 6) is 0. The second-order valence-corrected chi connectivity index (χ2v) is 6.57. The van der Waals surface area contributed by atoms with Gasteiger partial charge < -0.3 is 10.1 Å². The molecule has 20 heavy (non-hydrogen) atoms. The number of methoxy groups -OCH3 is 1. The summed E-state index contributed by atoms with van der Waals surface area (Å²) in [6.45, 7) is 3.15. The van der Waals surface area contributed by atoms with Crippen LogP contribution in [0.3, 0.4) is 0 Å². The van der Waals surface area contributed by atoms with Crippen molar-refractivity contribution < 1.29 is 4.74 Å². The molecule has 0 aliphatic heterocycles. The van der Waals surface area contributed by atoms with E-state index in [2.05, 4.69) is 41.9 Å². The second kappa shape index (κ2) is 5.84. The smallest absolute Gasteiger partial charge is 0.0873 e. The van der Waals surface area contributed by atoms with Crippen LogP contribution >= 0.6 is 11.3 Å². The zero-order valence-electron chi connectivity index (χ0n) is 12.3. The third-order valence-corrected chi connectivity index (χ3v) is 5.59. The molecule has 1 heterocycles. The molecule has 1 saturated carbocycles. The first-order chi connectivity index (χ1) is 9.80. The summed E-state index contributed by atoms with van der Waals surface area (Å²) in [6.07, 6.45) is 4.86. The quantitative estimate of drug-likeness (QED) is 0.874. The molecule has 1 N–H and O–H groups in total. The Hall–Kier alpha value is -0.900. The molecule has 1 aliphatic rings. The third-order valence-electron chi connectivity index (χ3n) is 4.61. The lowest BCUT2D eigenvalue weighted by molar-refractivity contribution is -0.0360. The first-order valence-electron chi connectivity index (χ1n) is 7.55. The van der Waals surface area contributed by atoms with Gasteiger partial charge in [0.05, 0.1) is 11.6 Å². The first kappa shape index (κ1) is 14.1. The molecule has 2 nitrogen and oxygen atoms in total. The fraction of sp³-hybridized carbons (Fsp3) is 0.529. The number of rotatable bonds is 5. The van der Waals surface area contributed by atoms with Gasteiger partial charge in [-0.15, -0.1) is 11.3 Å². The van der Waals surface area contributed by atoms with Crippen molar-refractivity contribution >= 4 is 21.4 Å². The van der Waals surface area contributed by atoms with Crippen molar-refractivity contribution in [1.29, 1.82) is 0 Å². The fourth-order valence-electron chi connectivity index (χ4n) is 3.61. The van der Waals surface area contributed by atoms with Gasteiger partial charge in [0.2, 0.25) is 0 Å². The largest absolute Gasteiger partial charge is 0.376 e. The van der Waals surface area contributed by atoms with Crippen molar-refractivity contribution in [3.63, 3.8) is 0 Å². The van der Waals surface area contributed by atoms with E-state index in [0.29, 0.717) is 6.04 Å². The van der Waals surface area contributed by atoms with Crippen molar-refractivity contribution in [1.82, 2.24) is 5.32 Å². The van der Waals surface area contributed by atoms with Gasteiger partial charge in [0, 0.05) is 11.8 Å². The molecule has 3 heteroatoms. The second-order valence-electron chi connectivity index (χ2n) is 5.65. The molecule has 108 valence electrons. The summed E-state index contributed by atoms with van der Waals surface area (Å²) in [7, 11) is 1.88. The van der Waals surface area contributed by atoms with Crippen LogP contribution < -0.4 is 5.32 Å². The lowest BCUT2D eigenvalue weighted by Gasteiger charge is -2.37. The number of fused-ring (bicyclic) bond motifs is 1. The van der Waals surface area contributed by atoms with Gasteiger partial charge >= 0.3 is 0 Å². The summed E-state index contributed by atoms with van der Waals surface area (Å²) in [4.78, 5) is 0. The van der Waals surface area contributed by atoms with Crippen LogP contribution in [0.5, 0.6) is 0 Å². The molecule has 2 aromatic rings. The molecule has 1 unspecified atom stereocenters. The Morgan fingerprint density at radius 1 is 1.30 bits per heavy atom. The van der Waals surface area contributed by atoms with Gasteiger partial charge in [-0.2, -0.15) is 0 Å². The zero-order valence-corrected chi connectivity index (χ0v) is 13.1. The topological polar surface area (TPSA) is 21.3 Å². The average Bonchev–Trinajstić information content (AvgIpc) is 3.13. The van der Waals surface area contributed by atoms with Crippen LogP contribution in [0.1, 0.15) is 44.2 Å². The van der Waals surface area contributed by atoms with E-state index in [9.17, 15) is 0 Å². The van der Waals surface area contributed by atoms with E-state index < -0.39 is 0 Å². The summed E-state index contributed by atoms with van der Waals surface area (Å²) >= 11 is 1.84. The number of nitrogens with one attached hydrogen (secondary N) is 1. The summed E-state index contributed by atoms with van der Waals surface area (Å²) in [6, 6.07) is 9.15. The molecule has 1 aromatic carbocycles. The van der Waals surface area contributed by atoms with E-state index in [1.807, 2.05) is 18.4 Å². The van der Waals surface area contributed by atoms with Crippen molar-refractivity contribution in [2.24, 2.45) is 0 Å². The molecule has 1 fully saturated rings. The van der Waals surface area contributed by atoms with Crippen LogP contribution in [-0.4, -0.2) is 19.3 Å². The van der Waals surface area contributed by atoms with Crippen molar-refractivity contribution in [2.75, 3.05) is 13.7 Å². The molecule has 0 amide bonds. The van der Waals surface area contributed by atoms with Gasteiger partial charge in [-0.1, -0.05) is 38.0 Å². The predicted molar refractivity (Wildman–Crippen MR) is 86.5 cm³/mol. The fourth-order valence-corrected chi connectivity index (χ4v) is 4.56. The van der Waals surface area contributed by atoms with Gasteiger partial charge in [-0.05, 0) is 41.8 Å². The van der Waals surface area contributed by atoms with Crippen LogP contribution in [0.25, 0.3) is 10.1 Å². The van der Waals surface area contributed by atoms with E-state index in [1.54, 1.807) is 0 Å². The normalized spacial score (nSPS) is 19.5. The Balaban J connectivity index is 2.08. The SMILES string of the molecule is CCNC(c1cccc2ccsc12)C1(OC)CCCC1. The molecular weight excluding hydrogens is 266 g/mol. The molecule has 1 atom stereocenters. The highest BCUT2D eigenvalue weighted by atomic mass is 32.1. The summed E-state index contributed by atoms with van der Waals surface area (Å²) in [5, 5.41) is 7.23. The van der Waals surface area contributed by atoms with E-state index in [-0.39, 0.29) is 5.60 Å². The Labute approximate surface area is 125 Å². The minimum atomic E-state index is -0.0334. The maximum atomic E-state index is 6.04. The number of hydrogen-bond acceptors (Lipinski definition) is 3. The first-order valence-corrected chi connectivity index (χ1v) is 8.43. The standard InChI is InChI=1S/C17H23NOS/c1-3-18-16(17(19-2)10-4-5-11-17)14-8-6-7-13-9-12-20-15(13)14/h6-9,12,16,18H,3-5,10-11H2,1-2H3. The van der Waals surface area contributed by atoms with Gasteiger partial charge in [0.15, 0.2) is 0 Å². The highest BCUT2D eigenvalue weighted by molar-refractivity contribution is 7.17. The lowest BCUT2D eigenvalue weighted by Crippen LogP contribution is -2.43. The molecule has 0 spiro atoms. The van der Waals surface area contributed by atoms with E-state index in [4.69, 9.17) is 4.74 Å². The predicted octanol–water partition coefficient (Wildman–Crippen LogP) is 4.51. The Kier molecular flexibility index (Phi) is 4.11. The highest BCUT2D eigenvalue weighted by Crippen LogP contribution is 2.44. The number of ether oxygens (including phenoxy) is 1. The molecule has 1 aromatic heterocycles. The minimum Gasteiger partial charge on any atom is -0.376 e. The van der Waals surface area contributed by atoms with E-state index >= 15 is 0 Å². The lowest BCUT2D eigenvalue weighted by atomic mass is 9.86. The Bertz CT molecular complexity index is 571. The van der Waals surface area contributed by atoms with Gasteiger partial charge in [-0.3, -0.25) is 0 Å². The summed E-state index contributed by atoms with van der Waals surface area (Å²) in [5.41, 5.74) is 1.37. The number of hydrogen-bond donors (Lipinski definition) is 1. The van der Waals surface area contributed by atoms with Crippen molar-refractivity contribution in [3.8, 4) is 0 Å². The Morgan fingerprint density at radius 3 is 2.80 bits per heavy atom. The number of benzene rings is 1. The molecule has 0 bridgehead atoms. The van der Waals surface area contributed by atoms with Crippen LogP contribution in [0.2, 0.25) is 0 Å². The van der Waals surface area contributed by atoms with Crippen LogP contribution in [0.15, 0.2) is 29.6 Å². The third kappa shape index (κ3) is 2.28. The number of likely N-dealkylation sites (N-methyl/N-ethyl adjacent to an activating group) is 1. The van der Waals surface area contributed by atoms with Gasteiger partial charge in [0.1, 0.15) is 0 Å². The average molecular weight is 289 g/mol. The monoisotopic (exact) mass is 289 g/mol. The molecule has 0 saturated heterocycles. The van der Waals surface area contributed by atoms with Crippen LogP contribution in [0, 0.1) is 0 Å². The Morgan fingerprint density at radius 2 is 2.10 bits per heavy atom. The zero-order chi connectivity index (χ0) is 14.0. The van der Waals surface area contributed by atoms with Crippen LogP contribution in [-0.2, 0) is 4.74 Å². The summed E-state index contributed by atoms with van der Waals surface area (Å²) < 4.78 is 7.44. The molecular formula is C17H23NOS. The van der Waals surface area contributed by atoms with Crippen LogP contribution in [0.4, 0.5) is 0 Å². The van der Waals surface area contributed by atoms with Gasteiger partial charge in [0.25, 0.3) is 0 Å². The maximum absolute atomic E-state index is 6.04. The molecule has 3 rings (SSSR count). The van der Waals surface area contributed by atoms with E-state index in [1.165, 1.54) is 28.5 Å². The molecule has 1 aliphatic carbocycles. The van der Waals surface area contributed by atoms with E-state index in [0.717, 1.165) is 19.4 Å². The molecule has 0 radical (unpaired) electrons. The minimum absolute atomic E-state index is 0.0334.